The maximum Gasteiger partial charge on any atom is 0.267 e. The average molecular weight is 217 g/mol. The highest BCUT2D eigenvalue weighted by Gasteiger charge is 2.16. The van der Waals surface area contributed by atoms with Gasteiger partial charge in [-0.05, 0) is 11.6 Å². The van der Waals surface area contributed by atoms with Crippen LogP contribution < -0.4 is 10.6 Å². The van der Waals surface area contributed by atoms with Gasteiger partial charge in [0.15, 0.2) is 0 Å². The van der Waals surface area contributed by atoms with Crippen molar-refractivity contribution in [1.82, 2.24) is 0 Å². The predicted octanol–water partition coefficient (Wildman–Crippen LogP) is 2.07. The molecule has 0 aliphatic carbocycles. The first kappa shape index (κ1) is 11.9. The molecule has 0 amide bonds. The van der Waals surface area contributed by atoms with Gasteiger partial charge in [-0.3, -0.25) is 0 Å². The lowest BCUT2D eigenvalue weighted by atomic mass is 10.1. The van der Waals surface area contributed by atoms with Crippen LogP contribution in [0.25, 0.3) is 0 Å². The van der Waals surface area contributed by atoms with E-state index in [1.54, 1.807) is 12.1 Å². The van der Waals surface area contributed by atoms with Crippen molar-refractivity contribution in [1.29, 1.82) is 0 Å². The maximum atomic E-state index is 12.6. The van der Waals surface area contributed by atoms with Gasteiger partial charge in [0, 0.05) is 6.42 Å². The van der Waals surface area contributed by atoms with Gasteiger partial charge < -0.3 is 9.57 Å². The van der Waals surface area contributed by atoms with Gasteiger partial charge in [0.2, 0.25) is 0 Å². The standard InChI is InChI=1S/C10H13F2NO2/c1-14-9-7(5-6-15-13)3-2-4-8(9)10(11)12/h2-4,10H,5-6,13H2,1H3. The molecule has 5 heteroatoms. The number of nitrogens with two attached hydrogens (primary N) is 1. The maximum absolute atomic E-state index is 12.6. The Balaban J connectivity index is 2.99. The van der Waals surface area contributed by atoms with Crippen LogP contribution >= 0.6 is 0 Å². The summed E-state index contributed by atoms with van der Waals surface area (Å²) in [6.07, 6.45) is -2.10. The van der Waals surface area contributed by atoms with Crippen molar-refractivity contribution in [2.24, 2.45) is 5.90 Å². The topological polar surface area (TPSA) is 44.5 Å². The fourth-order valence-electron chi connectivity index (χ4n) is 1.39. The molecule has 0 saturated heterocycles. The van der Waals surface area contributed by atoms with Gasteiger partial charge in [0.05, 0.1) is 19.3 Å². The molecule has 0 bridgehead atoms. The third-order valence-electron chi connectivity index (χ3n) is 2.06. The quantitative estimate of drug-likeness (QED) is 0.768. The largest absolute Gasteiger partial charge is 0.496 e. The lowest BCUT2D eigenvalue weighted by Crippen LogP contribution is -2.06. The fraction of sp³-hybridized carbons (Fsp3) is 0.400. The summed E-state index contributed by atoms with van der Waals surface area (Å²) < 4.78 is 30.1. The van der Waals surface area contributed by atoms with Crippen LogP contribution in [0.15, 0.2) is 18.2 Å². The van der Waals surface area contributed by atoms with Crippen molar-refractivity contribution in [2.75, 3.05) is 13.7 Å². The molecular formula is C10H13F2NO2. The Morgan fingerprint density at radius 2 is 2.13 bits per heavy atom. The van der Waals surface area contributed by atoms with Gasteiger partial charge >= 0.3 is 0 Å². The number of methoxy groups -OCH3 is 1. The molecule has 3 nitrogen and oxygen atoms in total. The number of alkyl halides is 2. The monoisotopic (exact) mass is 217 g/mol. The minimum atomic E-state index is -2.54. The van der Waals surface area contributed by atoms with Crippen LogP contribution in [-0.2, 0) is 11.3 Å². The number of benzene rings is 1. The van der Waals surface area contributed by atoms with Crippen molar-refractivity contribution in [3.8, 4) is 5.75 Å². The number of halogens is 2. The summed E-state index contributed by atoms with van der Waals surface area (Å²) >= 11 is 0. The molecule has 1 aromatic carbocycles. The average Bonchev–Trinajstić information content (AvgIpc) is 2.25. The van der Waals surface area contributed by atoms with Gasteiger partial charge in [0.25, 0.3) is 6.43 Å². The summed E-state index contributed by atoms with van der Waals surface area (Å²) in [6.45, 7) is 0.267. The van der Waals surface area contributed by atoms with Crippen molar-refractivity contribution >= 4 is 0 Å². The SMILES string of the molecule is COc1c(CCON)cccc1C(F)F. The smallest absolute Gasteiger partial charge is 0.267 e. The molecule has 0 aliphatic heterocycles. The Hall–Kier alpha value is -1.20. The van der Waals surface area contributed by atoms with E-state index in [-0.39, 0.29) is 17.9 Å². The molecule has 0 spiro atoms. The van der Waals surface area contributed by atoms with Crippen LogP contribution in [0.2, 0.25) is 0 Å². The third kappa shape index (κ3) is 2.87. The normalized spacial score (nSPS) is 10.7. The first-order chi connectivity index (χ1) is 7.20. The zero-order valence-electron chi connectivity index (χ0n) is 8.37. The van der Waals surface area contributed by atoms with E-state index >= 15 is 0 Å². The molecule has 2 N–H and O–H groups in total. The van der Waals surface area contributed by atoms with Crippen molar-refractivity contribution in [2.45, 2.75) is 12.8 Å². The molecule has 84 valence electrons. The van der Waals surface area contributed by atoms with Gasteiger partial charge in [0.1, 0.15) is 5.75 Å². The van der Waals surface area contributed by atoms with Crippen LogP contribution in [0.3, 0.4) is 0 Å². The second kappa shape index (κ2) is 5.63. The molecule has 0 aliphatic rings. The Morgan fingerprint density at radius 3 is 2.67 bits per heavy atom. The summed E-state index contributed by atoms with van der Waals surface area (Å²) in [5.74, 6) is 5.09. The lowest BCUT2D eigenvalue weighted by molar-refractivity contribution is 0.138. The summed E-state index contributed by atoms with van der Waals surface area (Å²) in [5.41, 5.74) is 0.563. The summed E-state index contributed by atoms with van der Waals surface area (Å²) in [5, 5.41) is 0. The molecule has 15 heavy (non-hydrogen) atoms. The summed E-state index contributed by atoms with van der Waals surface area (Å²) in [7, 11) is 1.37. The molecule has 0 heterocycles. The molecule has 0 unspecified atom stereocenters. The zero-order chi connectivity index (χ0) is 11.3. The van der Waals surface area contributed by atoms with E-state index < -0.39 is 6.43 Å². The molecular weight excluding hydrogens is 204 g/mol. The van der Waals surface area contributed by atoms with E-state index in [1.165, 1.54) is 13.2 Å². The highest BCUT2D eigenvalue weighted by Crippen LogP contribution is 2.32. The second-order valence-corrected chi connectivity index (χ2v) is 2.96. The van der Waals surface area contributed by atoms with E-state index in [4.69, 9.17) is 10.6 Å². The Bertz CT molecular complexity index is 318. The summed E-state index contributed by atoms with van der Waals surface area (Å²) in [4.78, 5) is 4.40. The molecule has 1 rings (SSSR count). The number of hydrogen-bond acceptors (Lipinski definition) is 3. The van der Waals surface area contributed by atoms with Crippen LogP contribution in [0.5, 0.6) is 5.75 Å². The number of rotatable bonds is 5. The van der Waals surface area contributed by atoms with Gasteiger partial charge in [-0.2, -0.15) is 0 Å². The Morgan fingerprint density at radius 1 is 1.40 bits per heavy atom. The number of hydrogen-bond donors (Lipinski definition) is 1. The fourth-order valence-corrected chi connectivity index (χ4v) is 1.39. The first-order valence-electron chi connectivity index (χ1n) is 4.46. The highest BCUT2D eigenvalue weighted by molar-refractivity contribution is 5.42. The van der Waals surface area contributed by atoms with Crippen molar-refractivity contribution in [3.05, 3.63) is 29.3 Å². The second-order valence-electron chi connectivity index (χ2n) is 2.96. The Labute approximate surface area is 86.7 Å². The number of para-hydroxylation sites is 1. The van der Waals surface area contributed by atoms with Gasteiger partial charge in [-0.15, -0.1) is 0 Å². The van der Waals surface area contributed by atoms with Crippen LogP contribution in [-0.4, -0.2) is 13.7 Å². The van der Waals surface area contributed by atoms with Crippen LogP contribution in [0.1, 0.15) is 17.6 Å². The van der Waals surface area contributed by atoms with Crippen LogP contribution in [0, 0.1) is 0 Å². The third-order valence-corrected chi connectivity index (χ3v) is 2.06. The summed E-state index contributed by atoms with van der Waals surface area (Å²) in [6, 6.07) is 4.62. The molecule has 0 atom stereocenters. The molecule has 0 radical (unpaired) electrons. The molecule has 0 aromatic heterocycles. The highest BCUT2D eigenvalue weighted by atomic mass is 19.3. The predicted molar refractivity (Wildman–Crippen MR) is 51.8 cm³/mol. The van der Waals surface area contributed by atoms with E-state index in [0.717, 1.165) is 0 Å². The minimum Gasteiger partial charge on any atom is -0.496 e. The van der Waals surface area contributed by atoms with Gasteiger partial charge in [-0.1, -0.05) is 12.1 Å². The molecule has 0 saturated carbocycles. The number of ether oxygens (including phenoxy) is 1. The van der Waals surface area contributed by atoms with E-state index in [0.29, 0.717) is 12.0 Å². The van der Waals surface area contributed by atoms with Crippen molar-refractivity contribution in [3.63, 3.8) is 0 Å². The van der Waals surface area contributed by atoms with E-state index in [9.17, 15) is 8.78 Å². The Kier molecular flexibility index (Phi) is 4.45. The van der Waals surface area contributed by atoms with E-state index in [2.05, 4.69) is 4.84 Å². The molecule has 0 fully saturated rings. The molecule has 1 aromatic rings. The minimum absolute atomic E-state index is 0.105. The lowest BCUT2D eigenvalue weighted by Gasteiger charge is -2.12. The van der Waals surface area contributed by atoms with Crippen molar-refractivity contribution < 1.29 is 18.4 Å². The first-order valence-corrected chi connectivity index (χ1v) is 4.46. The zero-order valence-corrected chi connectivity index (χ0v) is 8.37. The van der Waals surface area contributed by atoms with Gasteiger partial charge in [-0.25, -0.2) is 14.7 Å². The van der Waals surface area contributed by atoms with E-state index in [1.807, 2.05) is 0 Å². The van der Waals surface area contributed by atoms with Crippen LogP contribution in [0.4, 0.5) is 8.78 Å².